The van der Waals surface area contributed by atoms with Gasteiger partial charge >= 0.3 is 0 Å². The lowest BCUT2D eigenvalue weighted by molar-refractivity contribution is -0.142. The zero-order valence-corrected chi connectivity index (χ0v) is 23.5. The van der Waals surface area contributed by atoms with Crippen LogP contribution >= 0.6 is 23.2 Å². The van der Waals surface area contributed by atoms with Gasteiger partial charge in [-0.15, -0.1) is 0 Å². The van der Waals surface area contributed by atoms with E-state index in [1.165, 1.54) is 6.20 Å². The quantitative estimate of drug-likeness (QED) is 0.549. The van der Waals surface area contributed by atoms with Crippen LogP contribution in [0.1, 0.15) is 60.1 Å². The number of aromatic nitrogens is 2. The number of benzene rings is 1. The highest BCUT2D eigenvalue weighted by molar-refractivity contribution is 6.42. The zero-order valence-electron chi connectivity index (χ0n) is 22.0. The van der Waals surface area contributed by atoms with E-state index in [-0.39, 0.29) is 41.0 Å². The lowest BCUT2D eigenvalue weighted by atomic mass is 9.93. The van der Waals surface area contributed by atoms with Crippen LogP contribution in [0.5, 0.6) is 0 Å². The van der Waals surface area contributed by atoms with E-state index in [4.69, 9.17) is 23.2 Å². The molecule has 2 atom stereocenters. The van der Waals surface area contributed by atoms with Crippen molar-refractivity contribution in [2.45, 2.75) is 51.5 Å². The lowest BCUT2D eigenvalue weighted by Crippen LogP contribution is -2.46. The number of halogens is 2. The van der Waals surface area contributed by atoms with Gasteiger partial charge in [0.05, 0.1) is 33.5 Å². The Labute approximate surface area is 233 Å². The molecule has 2 saturated heterocycles. The monoisotopic (exact) mass is 557 g/mol. The number of piperidine rings is 1. The van der Waals surface area contributed by atoms with Crippen molar-refractivity contribution >= 4 is 40.9 Å². The van der Waals surface area contributed by atoms with Crippen molar-refractivity contribution in [3.63, 3.8) is 0 Å². The average Bonchev–Trinajstić information content (AvgIpc) is 3.52. The van der Waals surface area contributed by atoms with Crippen LogP contribution in [-0.2, 0) is 9.59 Å². The summed E-state index contributed by atoms with van der Waals surface area (Å²) >= 11 is 12.5. The fourth-order valence-electron chi connectivity index (χ4n) is 5.74. The normalized spacial score (nSPS) is 22.9. The molecule has 1 aliphatic carbocycles. The zero-order chi connectivity index (χ0) is 27.2. The fraction of sp³-hybridized carbons (Fsp3) is 0.536. The molecule has 38 heavy (non-hydrogen) atoms. The molecule has 3 fully saturated rings. The Hall–Kier alpha value is -2.71. The van der Waals surface area contributed by atoms with Crippen LogP contribution in [0.3, 0.4) is 0 Å². The van der Waals surface area contributed by atoms with Crippen LogP contribution < -0.4 is 0 Å². The van der Waals surface area contributed by atoms with Crippen LogP contribution in [-0.4, -0.2) is 81.9 Å². The second kappa shape index (κ2) is 10.5. The summed E-state index contributed by atoms with van der Waals surface area (Å²) in [5.41, 5.74) is 1.86. The summed E-state index contributed by atoms with van der Waals surface area (Å²) in [6, 6.07) is 6.96. The first kappa shape index (κ1) is 26.9. The number of aryl methyl sites for hydroxylation is 1. The largest absolute Gasteiger partial charge is 0.342 e. The molecule has 0 unspecified atom stereocenters. The Kier molecular flexibility index (Phi) is 7.40. The lowest BCUT2D eigenvalue weighted by Gasteiger charge is -2.34. The van der Waals surface area contributed by atoms with E-state index in [1.807, 2.05) is 28.9 Å². The van der Waals surface area contributed by atoms with Crippen molar-refractivity contribution in [2.75, 3.05) is 33.2 Å². The molecule has 8 nitrogen and oxygen atoms in total. The second-order valence-corrected chi connectivity index (χ2v) is 12.0. The second-order valence-electron chi connectivity index (χ2n) is 11.2. The first-order chi connectivity index (χ1) is 18.1. The number of amides is 3. The minimum absolute atomic E-state index is 0.0876. The number of carbonyl (C=O) groups excluding carboxylic acids is 3. The van der Waals surface area contributed by atoms with Gasteiger partial charge in [-0.25, -0.2) is 0 Å². The number of hydrogen-bond acceptors (Lipinski definition) is 5. The maximum atomic E-state index is 13.7. The molecule has 1 aromatic heterocycles. The van der Waals surface area contributed by atoms with Crippen molar-refractivity contribution < 1.29 is 14.4 Å². The van der Waals surface area contributed by atoms with Crippen LogP contribution in [0.25, 0.3) is 0 Å². The van der Waals surface area contributed by atoms with Gasteiger partial charge in [-0.05, 0) is 56.4 Å². The molecular weight excluding hydrogens is 525 g/mol. The van der Waals surface area contributed by atoms with Crippen LogP contribution in [0, 0.1) is 18.3 Å². The van der Waals surface area contributed by atoms with E-state index in [2.05, 4.69) is 10.2 Å². The fourth-order valence-corrected chi connectivity index (χ4v) is 6.05. The molecule has 0 bridgehead atoms. The Balaban J connectivity index is 1.33. The van der Waals surface area contributed by atoms with E-state index < -0.39 is 0 Å². The van der Waals surface area contributed by atoms with E-state index >= 15 is 0 Å². The third kappa shape index (κ3) is 5.25. The van der Waals surface area contributed by atoms with Crippen molar-refractivity contribution in [3.05, 3.63) is 57.3 Å². The van der Waals surface area contributed by atoms with Gasteiger partial charge in [0.25, 0.3) is 5.91 Å². The maximum absolute atomic E-state index is 13.7. The molecule has 2 aliphatic heterocycles. The first-order valence-corrected chi connectivity index (χ1v) is 13.9. The van der Waals surface area contributed by atoms with Gasteiger partial charge in [0.1, 0.15) is 0 Å². The molecule has 0 radical (unpaired) electrons. The number of rotatable bonds is 5. The van der Waals surface area contributed by atoms with Gasteiger partial charge in [-0.2, -0.15) is 10.2 Å². The van der Waals surface area contributed by atoms with Crippen molar-refractivity contribution in [1.29, 1.82) is 0 Å². The molecule has 5 rings (SSSR count). The number of carbonyl (C=O) groups is 3. The molecule has 0 N–H and O–H groups in total. The molecule has 3 heterocycles. The topological polar surface area (TPSA) is 86.7 Å². The first-order valence-electron chi connectivity index (χ1n) is 13.2. The molecule has 3 aliphatic rings. The number of likely N-dealkylation sites (tertiary alicyclic amines) is 2. The van der Waals surface area contributed by atoms with Gasteiger partial charge in [0.2, 0.25) is 11.8 Å². The predicted octanol–water partition coefficient (Wildman–Crippen LogP) is 4.20. The third-order valence-corrected chi connectivity index (χ3v) is 9.20. The molecule has 0 spiro atoms. The van der Waals surface area contributed by atoms with Crippen molar-refractivity contribution in [2.24, 2.45) is 11.3 Å². The molecule has 1 saturated carbocycles. The van der Waals surface area contributed by atoms with Gasteiger partial charge in [0.15, 0.2) is 0 Å². The van der Waals surface area contributed by atoms with Gasteiger partial charge in [-0.3, -0.25) is 14.4 Å². The SMILES string of the molecule is Cc1cc(C(=O)N(C)[C@H]2CN(C(=O)C3CCN(C(=O)C4(C)CC4)CC3)C[C@@H]2c2ccc(Cl)c(Cl)c2)cnn1. The smallest absolute Gasteiger partial charge is 0.255 e. The van der Waals surface area contributed by atoms with E-state index in [0.29, 0.717) is 60.3 Å². The average molecular weight is 559 g/mol. The molecular formula is C28H33Cl2N5O3. The van der Waals surface area contributed by atoms with Crippen LogP contribution in [0.4, 0.5) is 0 Å². The number of nitrogens with zero attached hydrogens (tertiary/aromatic N) is 5. The van der Waals surface area contributed by atoms with E-state index in [9.17, 15) is 14.4 Å². The van der Waals surface area contributed by atoms with Gasteiger partial charge < -0.3 is 14.7 Å². The third-order valence-electron chi connectivity index (χ3n) is 8.46. The standard InChI is InChI=1S/C28H33Cl2N5O3/c1-17-12-20(14-31-32-17)25(36)33(3)24-16-35(15-21(24)19-4-5-22(29)23(30)13-19)26(37)18-6-10-34(11-7-18)27(38)28(2)8-9-28/h4-5,12-14,18,21,24H,6-11,15-16H2,1-3H3/t21-,24+/m1/s1. The Bertz CT molecular complexity index is 1260. The number of likely N-dealkylation sites (N-methyl/N-ethyl adjacent to an activating group) is 1. The maximum Gasteiger partial charge on any atom is 0.255 e. The minimum atomic E-state index is -0.256. The van der Waals surface area contributed by atoms with E-state index in [0.717, 1.165) is 18.4 Å². The minimum Gasteiger partial charge on any atom is -0.342 e. The van der Waals surface area contributed by atoms with Crippen LogP contribution in [0.2, 0.25) is 10.0 Å². The Morgan fingerprint density at radius 1 is 1.03 bits per heavy atom. The molecule has 2 aromatic rings. The van der Waals surface area contributed by atoms with Crippen LogP contribution in [0.15, 0.2) is 30.5 Å². The Morgan fingerprint density at radius 2 is 1.74 bits per heavy atom. The van der Waals surface area contributed by atoms with E-state index in [1.54, 1.807) is 31.0 Å². The Morgan fingerprint density at radius 3 is 2.37 bits per heavy atom. The summed E-state index contributed by atoms with van der Waals surface area (Å²) in [6.07, 6.45) is 4.70. The summed E-state index contributed by atoms with van der Waals surface area (Å²) in [5, 5.41) is 8.79. The molecule has 1 aromatic carbocycles. The van der Waals surface area contributed by atoms with Crippen molar-refractivity contribution in [3.8, 4) is 0 Å². The summed E-state index contributed by atoms with van der Waals surface area (Å²) in [6.45, 7) is 5.95. The highest BCUT2D eigenvalue weighted by Gasteiger charge is 2.48. The summed E-state index contributed by atoms with van der Waals surface area (Å²) in [5.74, 6) is -0.120. The summed E-state index contributed by atoms with van der Waals surface area (Å²) in [4.78, 5) is 45.4. The molecule has 202 valence electrons. The van der Waals surface area contributed by atoms with Gasteiger partial charge in [0, 0.05) is 50.5 Å². The molecule has 10 heteroatoms. The highest BCUT2D eigenvalue weighted by atomic mass is 35.5. The summed E-state index contributed by atoms with van der Waals surface area (Å²) in [7, 11) is 1.77. The summed E-state index contributed by atoms with van der Waals surface area (Å²) < 4.78 is 0. The van der Waals surface area contributed by atoms with Gasteiger partial charge in [-0.1, -0.05) is 36.2 Å². The predicted molar refractivity (Wildman–Crippen MR) is 145 cm³/mol. The highest BCUT2D eigenvalue weighted by Crippen LogP contribution is 2.47. The molecule has 3 amide bonds. The van der Waals surface area contributed by atoms with Crippen molar-refractivity contribution in [1.82, 2.24) is 24.9 Å². The number of hydrogen-bond donors (Lipinski definition) is 0.